The summed E-state index contributed by atoms with van der Waals surface area (Å²) in [6.07, 6.45) is 1.84. The highest BCUT2D eigenvalue weighted by atomic mass is 79.9. The first-order valence-electron chi connectivity index (χ1n) is 7.59. The molecule has 0 aliphatic carbocycles. The number of nitriles is 1. The van der Waals surface area contributed by atoms with Gasteiger partial charge in [0.2, 0.25) is 0 Å². The van der Waals surface area contributed by atoms with E-state index in [0.717, 1.165) is 33.4 Å². The van der Waals surface area contributed by atoms with Gasteiger partial charge in [-0.1, -0.05) is 18.2 Å². The van der Waals surface area contributed by atoms with Gasteiger partial charge in [-0.2, -0.15) is 5.26 Å². The average molecular weight is 382 g/mol. The van der Waals surface area contributed by atoms with Crippen LogP contribution < -0.4 is 4.74 Å². The first-order chi connectivity index (χ1) is 11.7. The normalized spacial score (nSPS) is 11.5. The largest absolute Gasteiger partial charge is 0.496 e. The molecule has 0 atom stereocenters. The molecule has 0 amide bonds. The van der Waals surface area contributed by atoms with Crippen LogP contribution in [0.15, 0.2) is 46.9 Å². The molecule has 5 heteroatoms. The lowest BCUT2D eigenvalue weighted by molar-refractivity contribution is 0.412. The fraction of sp³-hybridized carbons (Fsp3) is 0.158. The van der Waals surface area contributed by atoms with Crippen LogP contribution in [0.4, 0.5) is 0 Å². The van der Waals surface area contributed by atoms with Gasteiger partial charge in [0, 0.05) is 6.54 Å². The maximum absolute atomic E-state index is 9.65. The molecule has 4 nitrogen and oxygen atoms in total. The van der Waals surface area contributed by atoms with Gasteiger partial charge in [-0.15, -0.1) is 0 Å². The number of ether oxygens (including phenoxy) is 1. The summed E-state index contributed by atoms with van der Waals surface area (Å²) in [5, 5.41) is 9.65. The molecular weight excluding hydrogens is 366 g/mol. The summed E-state index contributed by atoms with van der Waals surface area (Å²) in [7, 11) is 1.62. The van der Waals surface area contributed by atoms with Crippen molar-refractivity contribution in [1.82, 2.24) is 9.55 Å². The summed E-state index contributed by atoms with van der Waals surface area (Å²) in [4.78, 5) is 4.64. The molecule has 2 aromatic carbocycles. The Hall–Kier alpha value is -2.58. The lowest BCUT2D eigenvalue weighted by Crippen LogP contribution is -2.00. The number of hydrogen-bond donors (Lipinski definition) is 0. The number of para-hydroxylation sites is 2. The highest BCUT2D eigenvalue weighted by Gasteiger charge is 2.13. The van der Waals surface area contributed by atoms with Gasteiger partial charge in [-0.25, -0.2) is 4.98 Å². The molecule has 0 aliphatic rings. The summed E-state index contributed by atoms with van der Waals surface area (Å²) in [6.45, 7) is 2.80. The summed E-state index contributed by atoms with van der Waals surface area (Å²) in [5.74, 6) is 1.44. The Balaban J connectivity index is 2.12. The van der Waals surface area contributed by atoms with E-state index in [-0.39, 0.29) is 0 Å². The number of imidazole rings is 1. The zero-order valence-corrected chi connectivity index (χ0v) is 15.0. The number of nitrogens with zero attached hydrogens (tertiary/aromatic N) is 3. The van der Waals surface area contributed by atoms with Crippen LogP contribution in [0, 0.1) is 11.3 Å². The van der Waals surface area contributed by atoms with Crippen LogP contribution >= 0.6 is 15.9 Å². The third-order valence-electron chi connectivity index (χ3n) is 3.82. The van der Waals surface area contributed by atoms with Crippen molar-refractivity contribution in [3.63, 3.8) is 0 Å². The Labute approximate surface area is 149 Å². The van der Waals surface area contributed by atoms with Crippen LogP contribution in [0.1, 0.15) is 18.3 Å². The fourth-order valence-electron chi connectivity index (χ4n) is 2.69. The van der Waals surface area contributed by atoms with Crippen molar-refractivity contribution in [3.05, 3.63) is 58.3 Å². The van der Waals surface area contributed by atoms with Crippen LogP contribution in [0.25, 0.3) is 22.7 Å². The predicted octanol–water partition coefficient (Wildman–Crippen LogP) is 4.89. The maximum atomic E-state index is 9.65. The minimum atomic E-state index is 0.533. The number of aromatic nitrogens is 2. The number of halogens is 1. The van der Waals surface area contributed by atoms with Crippen molar-refractivity contribution in [2.24, 2.45) is 0 Å². The minimum Gasteiger partial charge on any atom is -0.496 e. The molecule has 3 rings (SSSR count). The van der Waals surface area contributed by atoms with Crippen molar-refractivity contribution in [2.45, 2.75) is 13.5 Å². The molecule has 0 unspecified atom stereocenters. The standard InChI is InChI=1S/C19H16BrN3O/c1-3-23-17-7-5-4-6-16(17)22-19(23)14(12-21)10-13-8-9-18(24-2)15(20)11-13/h4-11H,3H2,1-2H3/b14-10-. The maximum Gasteiger partial charge on any atom is 0.151 e. The first kappa shape index (κ1) is 16.3. The topological polar surface area (TPSA) is 50.8 Å². The van der Waals surface area contributed by atoms with Gasteiger partial charge >= 0.3 is 0 Å². The highest BCUT2D eigenvalue weighted by Crippen LogP contribution is 2.28. The van der Waals surface area contributed by atoms with E-state index < -0.39 is 0 Å². The van der Waals surface area contributed by atoms with Crippen LogP contribution in [-0.2, 0) is 6.54 Å². The first-order valence-corrected chi connectivity index (χ1v) is 8.38. The van der Waals surface area contributed by atoms with E-state index in [4.69, 9.17) is 4.74 Å². The van der Waals surface area contributed by atoms with Gasteiger partial charge in [-0.3, -0.25) is 0 Å². The van der Waals surface area contributed by atoms with E-state index in [9.17, 15) is 5.26 Å². The second-order valence-corrected chi connectivity index (χ2v) is 6.09. The van der Waals surface area contributed by atoms with Crippen LogP contribution in [-0.4, -0.2) is 16.7 Å². The second kappa shape index (κ2) is 6.90. The van der Waals surface area contributed by atoms with Gasteiger partial charge in [0.15, 0.2) is 5.82 Å². The minimum absolute atomic E-state index is 0.533. The molecule has 1 aromatic heterocycles. The summed E-state index contributed by atoms with van der Waals surface area (Å²) >= 11 is 3.47. The number of methoxy groups -OCH3 is 1. The van der Waals surface area contributed by atoms with Crippen molar-refractivity contribution >= 4 is 38.6 Å². The fourth-order valence-corrected chi connectivity index (χ4v) is 3.25. The molecular formula is C19H16BrN3O. The van der Waals surface area contributed by atoms with E-state index >= 15 is 0 Å². The van der Waals surface area contributed by atoms with E-state index in [2.05, 4.69) is 38.5 Å². The number of rotatable bonds is 4. The Morgan fingerprint density at radius 2 is 2.12 bits per heavy atom. The molecule has 24 heavy (non-hydrogen) atoms. The Morgan fingerprint density at radius 1 is 1.33 bits per heavy atom. The van der Waals surface area contributed by atoms with Crippen molar-refractivity contribution in [2.75, 3.05) is 7.11 Å². The smallest absolute Gasteiger partial charge is 0.151 e. The lowest BCUT2D eigenvalue weighted by atomic mass is 10.1. The van der Waals surface area contributed by atoms with Gasteiger partial charge in [0.25, 0.3) is 0 Å². The second-order valence-electron chi connectivity index (χ2n) is 5.23. The third kappa shape index (κ3) is 2.93. The molecule has 0 fully saturated rings. The molecule has 0 saturated carbocycles. The van der Waals surface area contributed by atoms with Gasteiger partial charge in [0.1, 0.15) is 11.8 Å². The highest BCUT2D eigenvalue weighted by molar-refractivity contribution is 9.10. The number of hydrogen-bond acceptors (Lipinski definition) is 3. The Kier molecular flexibility index (Phi) is 4.68. The van der Waals surface area contributed by atoms with Gasteiger partial charge in [0.05, 0.1) is 28.2 Å². The molecule has 3 aromatic rings. The molecule has 120 valence electrons. The van der Waals surface area contributed by atoms with E-state index in [1.807, 2.05) is 48.5 Å². The number of fused-ring (bicyclic) bond motifs is 1. The number of aryl methyl sites for hydroxylation is 1. The predicted molar refractivity (Wildman–Crippen MR) is 99.6 cm³/mol. The van der Waals surface area contributed by atoms with Crippen LogP contribution in [0.3, 0.4) is 0 Å². The summed E-state index contributed by atoms with van der Waals surface area (Å²) in [6, 6.07) is 15.9. The van der Waals surface area contributed by atoms with Gasteiger partial charge < -0.3 is 9.30 Å². The quantitative estimate of drug-likeness (QED) is 0.604. The molecule has 1 heterocycles. The number of allylic oxidation sites excluding steroid dienone is 1. The Bertz CT molecular complexity index is 966. The number of benzene rings is 2. The van der Waals surface area contributed by atoms with E-state index in [1.165, 1.54) is 0 Å². The molecule has 0 saturated heterocycles. The third-order valence-corrected chi connectivity index (χ3v) is 4.44. The van der Waals surface area contributed by atoms with Crippen molar-refractivity contribution < 1.29 is 4.74 Å². The molecule has 0 radical (unpaired) electrons. The molecule has 0 N–H and O–H groups in total. The van der Waals surface area contributed by atoms with Crippen molar-refractivity contribution in [1.29, 1.82) is 5.26 Å². The Morgan fingerprint density at radius 3 is 2.79 bits per heavy atom. The molecule has 0 bridgehead atoms. The average Bonchev–Trinajstić information content (AvgIpc) is 2.98. The lowest BCUT2D eigenvalue weighted by Gasteiger charge is -2.06. The molecule has 0 aliphatic heterocycles. The van der Waals surface area contributed by atoms with Crippen LogP contribution in [0.2, 0.25) is 0 Å². The zero-order valence-electron chi connectivity index (χ0n) is 13.5. The zero-order chi connectivity index (χ0) is 17.1. The van der Waals surface area contributed by atoms with E-state index in [0.29, 0.717) is 11.4 Å². The summed E-state index contributed by atoms with van der Waals surface area (Å²) in [5.41, 5.74) is 3.37. The van der Waals surface area contributed by atoms with E-state index in [1.54, 1.807) is 7.11 Å². The van der Waals surface area contributed by atoms with Crippen molar-refractivity contribution in [3.8, 4) is 11.8 Å². The molecule has 0 spiro atoms. The van der Waals surface area contributed by atoms with Gasteiger partial charge in [-0.05, 0) is 58.8 Å². The SMILES string of the molecule is CCn1c(/C(C#N)=C\c2ccc(OC)c(Br)c2)nc2ccccc21. The summed E-state index contributed by atoms with van der Waals surface area (Å²) < 4.78 is 8.15. The van der Waals surface area contributed by atoms with Crippen LogP contribution in [0.5, 0.6) is 5.75 Å². The monoisotopic (exact) mass is 381 g/mol.